The average molecular weight is 278 g/mol. The van der Waals surface area contributed by atoms with Crippen LogP contribution in [0.2, 0.25) is 0 Å². The maximum absolute atomic E-state index is 5.57. The second kappa shape index (κ2) is 5.86. The van der Waals surface area contributed by atoms with Gasteiger partial charge in [-0.25, -0.2) is 4.98 Å². The Labute approximate surface area is 116 Å². The summed E-state index contributed by atoms with van der Waals surface area (Å²) in [5.74, 6) is 0.921. The summed E-state index contributed by atoms with van der Waals surface area (Å²) < 4.78 is 10.6. The third kappa shape index (κ3) is 2.73. The van der Waals surface area contributed by atoms with Gasteiger partial charge in [-0.1, -0.05) is 0 Å². The number of fused-ring (bicyclic) bond motifs is 1. The zero-order chi connectivity index (χ0) is 13.1. The summed E-state index contributed by atoms with van der Waals surface area (Å²) in [5.41, 5.74) is 2.48. The zero-order valence-electron chi connectivity index (χ0n) is 11.1. The molecule has 0 radical (unpaired) electrons. The van der Waals surface area contributed by atoms with Crippen molar-refractivity contribution in [3.63, 3.8) is 0 Å². The fraction of sp³-hybridized carbons (Fsp3) is 0.500. The van der Waals surface area contributed by atoms with Crippen LogP contribution >= 0.6 is 11.3 Å². The number of nitrogens with one attached hydrogen (secondary N) is 1. The fourth-order valence-corrected chi connectivity index (χ4v) is 3.68. The van der Waals surface area contributed by atoms with Crippen LogP contribution in [0, 0.1) is 0 Å². The van der Waals surface area contributed by atoms with Crippen LogP contribution in [0.3, 0.4) is 0 Å². The predicted molar refractivity (Wildman–Crippen MR) is 75.4 cm³/mol. The minimum Gasteiger partial charge on any atom is -0.442 e. The van der Waals surface area contributed by atoms with Gasteiger partial charge in [0.15, 0.2) is 12.2 Å². The Morgan fingerprint density at radius 3 is 3.26 bits per heavy atom. The van der Waals surface area contributed by atoms with Crippen molar-refractivity contribution in [1.82, 2.24) is 10.3 Å². The summed E-state index contributed by atoms with van der Waals surface area (Å²) in [7, 11) is 1.70. The van der Waals surface area contributed by atoms with Gasteiger partial charge in [0, 0.05) is 25.1 Å². The molecule has 0 atom stereocenters. The SMILES string of the molecule is COCCNCc1ncoc1-c1cc2c(s1)CCC2. The van der Waals surface area contributed by atoms with Gasteiger partial charge in [-0.3, -0.25) is 0 Å². The van der Waals surface area contributed by atoms with Crippen LogP contribution in [0.5, 0.6) is 0 Å². The van der Waals surface area contributed by atoms with Crippen molar-refractivity contribution in [2.75, 3.05) is 20.3 Å². The molecule has 102 valence electrons. The number of aryl methyl sites for hydroxylation is 2. The van der Waals surface area contributed by atoms with Gasteiger partial charge in [0.25, 0.3) is 0 Å². The van der Waals surface area contributed by atoms with Crippen molar-refractivity contribution < 1.29 is 9.15 Å². The smallest absolute Gasteiger partial charge is 0.181 e. The Morgan fingerprint density at radius 2 is 2.42 bits per heavy atom. The highest BCUT2D eigenvalue weighted by molar-refractivity contribution is 7.15. The average Bonchev–Trinajstić information content (AvgIpc) is 3.08. The molecule has 4 nitrogen and oxygen atoms in total. The first-order valence-corrected chi connectivity index (χ1v) is 7.44. The number of ether oxygens (including phenoxy) is 1. The lowest BCUT2D eigenvalue weighted by Crippen LogP contribution is -2.19. The van der Waals surface area contributed by atoms with Crippen molar-refractivity contribution >= 4 is 11.3 Å². The van der Waals surface area contributed by atoms with Crippen molar-refractivity contribution in [3.05, 3.63) is 28.6 Å². The lowest BCUT2D eigenvalue weighted by molar-refractivity contribution is 0.199. The number of nitrogens with zero attached hydrogens (tertiary/aromatic N) is 1. The number of oxazole rings is 1. The Hall–Kier alpha value is -1.17. The highest BCUT2D eigenvalue weighted by atomic mass is 32.1. The Balaban J connectivity index is 1.72. The number of hydrogen-bond donors (Lipinski definition) is 1. The van der Waals surface area contributed by atoms with Gasteiger partial charge in [-0.2, -0.15) is 0 Å². The first kappa shape index (κ1) is 12.8. The molecule has 0 aliphatic heterocycles. The topological polar surface area (TPSA) is 47.3 Å². The van der Waals surface area contributed by atoms with Gasteiger partial charge in [0.1, 0.15) is 5.69 Å². The second-order valence-corrected chi connectivity index (χ2v) is 5.85. The number of aromatic nitrogens is 1. The minimum absolute atomic E-state index is 0.709. The molecular formula is C14H18N2O2S. The summed E-state index contributed by atoms with van der Waals surface area (Å²) in [4.78, 5) is 7.04. The molecule has 3 rings (SSSR count). The van der Waals surface area contributed by atoms with E-state index in [0.717, 1.165) is 24.5 Å². The van der Waals surface area contributed by atoms with Crippen molar-refractivity contribution in [2.24, 2.45) is 0 Å². The quantitative estimate of drug-likeness (QED) is 0.825. The van der Waals surface area contributed by atoms with Crippen molar-refractivity contribution in [2.45, 2.75) is 25.8 Å². The highest BCUT2D eigenvalue weighted by Gasteiger charge is 2.19. The minimum atomic E-state index is 0.709. The third-order valence-corrected chi connectivity index (χ3v) is 4.62. The van der Waals surface area contributed by atoms with Crippen LogP contribution in [-0.4, -0.2) is 25.2 Å². The van der Waals surface area contributed by atoms with Gasteiger partial charge in [-0.05, 0) is 30.9 Å². The number of methoxy groups -OCH3 is 1. The molecule has 1 aliphatic carbocycles. The zero-order valence-corrected chi connectivity index (χ0v) is 11.9. The van der Waals surface area contributed by atoms with Gasteiger partial charge in [0.2, 0.25) is 0 Å². The van der Waals surface area contributed by atoms with E-state index < -0.39 is 0 Å². The molecule has 0 spiro atoms. The highest BCUT2D eigenvalue weighted by Crippen LogP contribution is 2.37. The van der Waals surface area contributed by atoms with Gasteiger partial charge in [0.05, 0.1) is 11.5 Å². The van der Waals surface area contributed by atoms with Crippen LogP contribution in [0.4, 0.5) is 0 Å². The fourth-order valence-electron chi connectivity index (χ4n) is 2.42. The van der Waals surface area contributed by atoms with E-state index >= 15 is 0 Å². The molecule has 2 aromatic heterocycles. The van der Waals surface area contributed by atoms with Crippen LogP contribution in [-0.2, 0) is 24.1 Å². The molecule has 0 fully saturated rings. The van der Waals surface area contributed by atoms with Crippen LogP contribution in [0.25, 0.3) is 10.6 Å². The summed E-state index contributed by atoms with van der Waals surface area (Å²) in [6.45, 7) is 2.25. The maximum Gasteiger partial charge on any atom is 0.181 e. The van der Waals surface area contributed by atoms with Gasteiger partial charge in [-0.15, -0.1) is 11.3 Å². The number of hydrogen-bond acceptors (Lipinski definition) is 5. The van der Waals surface area contributed by atoms with Crippen molar-refractivity contribution in [1.29, 1.82) is 0 Å². The van der Waals surface area contributed by atoms with Gasteiger partial charge < -0.3 is 14.5 Å². The van der Waals surface area contributed by atoms with Crippen molar-refractivity contribution in [3.8, 4) is 10.6 Å². The van der Waals surface area contributed by atoms with E-state index in [-0.39, 0.29) is 0 Å². The Morgan fingerprint density at radius 1 is 1.47 bits per heavy atom. The molecule has 19 heavy (non-hydrogen) atoms. The maximum atomic E-state index is 5.57. The van der Waals surface area contributed by atoms with E-state index in [0.29, 0.717) is 6.61 Å². The van der Waals surface area contributed by atoms with E-state index in [1.54, 1.807) is 7.11 Å². The molecule has 0 unspecified atom stereocenters. The third-order valence-electron chi connectivity index (χ3n) is 3.39. The van der Waals surface area contributed by atoms with Crippen LogP contribution < -0.4 is 5.32 Å². The van der Waals surface area contributed by atoms with E-state index in [4.69, 9.17) is 9.15 Å². The summed E-state index contributed by atoms with van der Waals surface area (Å²) in [6.07, 6.45) is 5.26. The molecule has 2 heterocycles. The first-order chi connectivity index (χ1) is 9.38. The lowest BCUT2D eigenvalue weighted by Gasteiger charge is -2.02. The van der Waals surface area contributed by atoms with Gasteiger partial charge >= 0.3 is 0 Å². The van der Waals surface area contributed by atoms with E-state index in [1.807, 2.05) is 11.3 Å². The first-order valence-electron chi connectivity index (χ1n) is 6.62. The summed E-state index contributed by atoms with van der Waals surface area (Å²) >= 11 is 1.85. The van der Waals surface area contributed by atoms with E-state index in [1.165, 1.54) is 41.0 Å². The molecule has 1 N–H and O–H groups in total. The molecule has 0 saturated carbocycles. The second-order valence-electron chi connectivity index (χ2n) is 4.71. The van der Waals surface area contributed by atoms with E-state index in [2.05, 4.69) is 16.4 Å². The molecule has 1 aliphatic rings. The number of thiophene rings is 1. The Bertz CT molecular complexity index is 526. The standard InChI is InChI=1S/C14H18N2O2S/c1-17-6-5-15-8-11-14(18-9-16-11)13-7-10-3-2-4-12(10)19-13/h7,9,15H,2-6,8H2,1H3. The molecule has 0 aromatic carbocycles. The Kier molecular flexibility index (Phi) is 3.96. The summed E-state index contributed by atoms with van der Waals surface area (Å²) in [5, 5.41) is 3.31. The number of rotatable bonds is 6. The van der Waals surface area contributed by atoms with E-state index in [9.17, 15) is 0 Å². The molecule has 0 amide bonds. The molecule has 2 aromatic rings. The molecule has 0 bridgehead atoms. The lowest BCUT2D eigenvalue weighted by atomic mass is 10.2. The molecule has 5 heteroatoms. The summed E-state index contributed by atoms with van der Waals surface area (Å²) in [6, 6.07) is 2.27. The predicted octanol–water partition coefficient (Wildman–Crippen LogP) is 2.63. The largest absolute Gasteiger partial charge is 0.442 e. The monoisotopic (exact) mass is 278 g/mol. The molecular weight excluding hydrogens is 260 g/mol. The van der Waals surface area contributed by atoms with Crippen LogP contribution in [0.1, 0.15) is 22.6 Å². The molecule has 0 saturated heterocycles. The van der Waals surface area contributed by atoms with Crippen LogP contribution in [0.15, 0.2) is 16.9 Å². The normalized spacial score (nSPS) is 13.9.